The highest BCUT2D eigenvalue weighted by Gasteiger charge is 2.11. The minimum Gasteiger partial charge on any atom is -0.492 e. The van der Waals surface area contributed by atoms with Crippen LogP contribution >= 0.6 is 0 Å². The molecular formula is C21H22N4O2. The lowest BCUT2D eigenvalue weighted by Crippen LogP contribution is -2.14. The summed E-state index contributed by atoms with van der Waals surface area (Å²) in [4.78, 5) is 20.9. The van der Waals surface area contributed by atoms with Crippen molar-refractivity contribution in [2.24, 2.45) is 0 Å². The quantitative estimate of drug-likeness (QED) is 0.676. The first-order valence-electron chi connectivity index (χ1n) is 8.77. The maximum Gasteiger partial charge on any atom is 0.258 e. The SMILES string of the molecule is CCOc1ccccc1Nc1ncc(C(=O)Nc2cccc(C)c2C)cn1. The number of aryl methyl sites for hydroxylation is 1. The van der Waals surface area contributed by atoms with Crippen molar-refractivity contribution in [2.45, 2.75) is 20.8 Å². The Bertz CT molecular complexity index is 939. The fraction of sp³-hybridized carbons (Fsp3) is 0.190. The molecule has 0 atom stereocenters. The van der Waals surface area contributed by atoms with Crippen LogP contribution in [-0.2, 0) is 0 Å². The number of nitrogens with zero attached hydrogens (tertiary/aromatic N) is 2. The van der Waals surface area contributed by atoms with Crippen LogP contribution < -0.4 is 15.4 Å². The zero-order valence-corrected chi connectivity index (χ0v) is 15.6. The Morgan fingerprint density at radius 2 is 1.70 bits per heavy atom. The third kappa shape index (κ3) is 4.41. The van der Waals surface area contributed by atoms with Gasteiger partial charge in [-0.25, -0.2) is 9.97 Å². The fourth-order valence-corrected chi connectivity index (χ4v) is 2.56. The number of carbonyl (C=O) groups excluding carboxylic acids is 1. The Kier molecular flexibility index (Phi) is 5.66. The lowest BCUT2D eigenvalue weighted by molar-refractivity contribution is 0.102. The van der Waals surface area contributed by atoms with E-state index in [0.717, 1.165) is 28.3 Å². The van der Waals surface area contributed by atoms with E-state index in [1.165, 1.54) is 12.4 Å². The number of benzene rings is 2. The Morgan fingerprint density at radius 3 is 2.44 bits per heavy atom. The number of carbonyl (C=O) groups is 1. The third-order valence-electron chi connectivity index (χ3n) is 4.20. The summed E-state index contributed by atoms with van der Waals surface area (Å²) in [6.07, 6.45) is 3.00. The van der Waals surface area contributed by atoms with Gasteiger partial charge in [-0.15, -0.1) is 0 Å². The second-order valence-electron chi connectivity index (χ2n) is 6.05. The largest absolute Gasteiger partial charge is 0.492 e. The third-order valence-corrected chi connectivity index (χ3v) is 4.20. The Hall–Kier alpha value is -3.41. The minimum atomic E-state index is -0.245. The van der Waals surface area contributed by atoms with Crippen molar-refractivity contribution >= 4 is 23.2 Å². The molecule has 6 heteroatoms. The van der Waals surface area contributed by atoms with Crippen LogP contribution in [0.25, 0.3) is 0 Å². The molecule has 0 bridgehead atoms. The molecule has 0 saturated heterocycles. The molecule has 27 heavy (non-hydrogen) atoms. The first-order valence-corrected chi connectivity index (χ1v) is 8.77. The Labute approximate surface area is 158 Å². The first-order chi connectivity index (χ1) is 13.1. The summed E-state index contributed by atoms with van der Waals surface area (Å²) < 4.78 is 5.58. The van der Waals surface area contributed by atoms with Crippen LogP contribution in [0.1, 0.15) is 28.4 Å². The average Bonchev–Trinajstić information content (AvgIpc) is 2.68. The highest BCUT2D eigenvalue weighted by molar-refractivity contribution is 6.04. The van der Waals surface area contributed by atoms with E-state index in [1.807, 2.05) is 63.2 Å². The van der Waals surface area contributed by atoms with Gasteiger partial charge in [0.15, 0.2) is 0 Å². The minimum absolute atomic E-state index is 0.245. The molecule has 0 unspecified atom stereocenters. The van der Waals surface area contributed by atoms with Crippen molar-refractivity contribution < 1.29 is 9.53 Å². The number of nitrogens with one attached hydrogen (secondary N) is 2. The molecule has 0 spiro atoms. The molecule has 1 amide bonds. The summed E-state index contributed by atoms with van der Waals surface area (Å²) in [5.74, 6) is 0.871. The molecule has 2 aromatic carbocycles. The molecule has 138 valence electrons. The van der Waals surface area contributed by atoms with Crippen molar-refractivity contribution in [3.05, 3.63) is 71.5 Å². The summed E-state index contributed by atoms with van der Waals surface area (Å²) in [6.45, 7) is 6.48. The lowest BCUT2D eigenvalue weighted by atomic mass is 10.1. The van der Waals surface area contributed by atoms with Crippen molar-refractivity contribution in [1.82, 2.24) is 9.97 Å². The molecule has 1 aromatic heterocycles. The summed E-state index contributed by atoms with van der Waals surface area (Å²) in [5.41, 5.74) is 4.11. The average molecular weight is 362 g/mol. The number of rotatable bonds is 6. The van der Waals surface area contributed by atoms with Crippen LogP contribution in [0.5, 0.6) is 5.75 Å². The van der Waals surface area contributed by atoms with Gasteiger partial charge in [0.1, 0.15) is 5.75 Å². The number of hydrogen-bond donors (Lipinski definition) is 2. The van der Waals surface area contributed by atoms with Gasteiger partial charge >= 0.3 is 0 Å². The van der Waals surface area contributed by atoms with Gasteiger partial charge in [0, 0.05) is 18.1 Å². The fourth-order valence-electron chi connectivity index (χ4n) is 2.56. The molecule has 3 rings (SSSR count). The summed E-state index contributed by atoms with van der Waals surface area (Å²) in [7, 11) is 0. The number of hydrogen-bond acceptors (Lipinski definition) is 5. The van der Waals surface area contributed by atoms with Gasteiger partial charge in [-0.05, 0) is 50.1 Å². The van der Waals surface area contributed by atoms with Crippen LogP contribution in [0.2, 0.25) is 0 Å². The summed E-state index contributed by atoms with van der Waals surface area (Å²) >= 11 is 0. The van der Waals surface area contributed by atoms with Crippen LogP contribution in [0.3, 0.4) is 0 Å². The van der Waals surface area contributed by atoms with Crippen LogP contribution in [0.15, 0.2) is 54.9 Å². The van der Waals surface area contributed by atoms with Crippen LogP contribution in [0.4, 0.5) is 17.3 Å². The van der Waals surface area contributed by atoms with E-state index in [0.29, 0.717) is 18.1 Å². The molecule has 0 aliphatic heterocycles. The number of para-hydroxylation sites is 2. The van der Waals surface area contributed by atoms with Crippen molar-refractivity contribution in [1.29, 1.82) is 0 Å². The smallest absolute Gasteiger partial charge is 0.258 e. The van der Waals surface area contributed by atoms with E-state index in [1.54, 1.807) is 0 Å². The molecular weight excluding hydrogens is 340 g/mol. The zero-order valence-electron chi connectivity index (χ0n) is 15.6. The van der Waals surface area contributed by atoms with E-state index in [9.17, 15) is 4.79 Å². The van der Waals surface area contributed by atoms with Gasteiger partial charge in [-0.1, -0.05) is 24.3 Å². The molecule has 0 radical (unpaired) electrons. The van der Waals surface area contributed by atoms with Gasteiger partial charge in [-0.2, -0.15) is 0 Å². The maximum atomic E-state index is 12.5. The molecule has 0 aliphatic carbocycles. The van der Waals surface area contributed by atoms with E-state index in [4.69, 9.17) is 4.74 Å². The van der Waals surface area contributed by atoms with E-state index in [2.05, 4.69) is 20.6 Å². The summed E-state index contributed by atoms with van der Waals surface area (Å²) in [6, 6.07) is 13.4. The number of amides is 1. The Morgan fingerprint density at radius 1 is 1.00 bits per heavy atom. The molecule has 1 heterocycles. The van der Waals surface area contributed by atoms with Gasteiger partial charge in [-0.3, -0.25) is 4.79 Å². The second-order valence-corrected chi connectivity index (χ2v) is 6.05. The van der Waals surface area contributed by atoms with Crippen molar-refractivity contribution in [2.75, 3.05) is 17.2 Å². The van der Waals surface area contributed by atoms with E-state index >= 15 is 0 Å². The molecule has 0 saturated carbocycles. The van der Waals surface area contributed by atoms with Gasteiger partial charge in [0.05, 0.1) is 17.9 Å². The molecule has 3 aromatic rings. The van der Waals surface area contributed by atoms with Crippen LogP contribution in [-0.4, -0.2) is 22.5 Å². The predicted octanol–water partition coefficient (Wildman–Crippen LogP) is 4.49. The molecule has 0 aliphatic rings. The monoisotopic (exact) mass is 362 g/mol. The predicted molar refractivity (Wildman–Crippen MR) is 107 cm³/mol. The molecule has 6 nitrogen and oxygen atoms in total. The highest BCUT2D eigenvalue weighted by Crippen LogP contribution is 2.26. The number of ether oxygens (including phenoxy) is 1. The Balaban J connectivity index is 1.72. The van der Waals surface area contributed by atoms with Crippen molar-refractivity contribution in [3.63, 3.8) is 0 Å². The molecule has 0 fully saturated rings. The highest BCUT2D eigenvalue weighted by atomic mass is 16.5. The van der Waals surface area contributed by atoms with E-state index in [-0.39, 0.29) is 5.91 Å². The van der Waals surface area contributed by atoms with E-state index < -0.39 is 0 Å². The lowest BCUT2D eigenvalue weighted by Gasteiger charge is -2.12. The topological polar surface area (TPSA) is 76.1 Å². The van der Waals surface area contributed by atoms with Crippen molar-refractivity contribution in [3.8, 4) is 5.75 Å². The molecule has 2 N–H and O–H groups in total. The maximum absolute atomic E-state index is 12.5. The standard InChI is InChI=1S/C21H22N4O2/c1-4-27-19-11-6-5-9-18(19)25-21-22-12-16(13-23-21)20(26)24-17-10-7-8-14(2)15(17)3/h5-13H,4H2,1-3H3,(H,24,26)(H,22,23,25). The van der Waals surface area contributed by atoms with Gasteiger partial charge in [0.2, 0.25) is 5.95 Å². The second kappa shape index (κ2) is 8.31. The first kappa shape index (κ1) is 18.4. The van der Waals surface area contributed by atoms with Gasteiger partial charge in [0.25, 0.3) is 5.91 Å². The number of anilines is 3. The number of aromatic nitrogens is 2. The zero-order chi connectivity index (χ0) is 19.2. The normalized spacial score (nSPS) is 10.3. The van der Waals surface area contributed by atoms with Crippen LogP contribution in [0, 0.1) is 13.8 Å². The summed E-state index contributed by atoms with van der Waals surface area (Å²) in [5, 5.41) is 6.01. The van der Waals surface area contributed by atoms with Gasteiger partial charge < -0.3 is 15.4 Å².